The second-order valence-corrected chi connectivity index (χ2v) is 11.6. The van der Waals surface area contributed by atoms with Gasteiger partial charge in [0.05, 0.1) is 13.2 Å². The Morgan fingerprint density at radius 3 is 2.24 bits per heavy atom. The second kappa shape index (κ2) is 11.6. The Morgan fingerprint density at radius 1 is 0.805 bits per heavy atom. The van der Waals surface area contributed by atoms with Crippen molar-refractivity contribution in [2.75, 3.05) is 94.2 Å². The first kappa shape index (κ1) is 27.4. The van der Waals surface area contributed by atoms with Gasteiger partial charge in [-0.2, -0.15) is 4.98 Å². The van der Waals surface area contributed by atoms with Crippen LogP contribution in [0, 0.1) is 0 Å². The van der Waals surface area contributed by atoms with E-state index in [0.717, 1.165) is 67.6 Å². The minimum Gasteiger partial charge on any atom is -0.378 e. The van der Waals surface area contributed by atoms with E-state index in [9.17, 15) is 0 Å². The highest BCUT2D eigenvalue weighted by atomic mass is 16.5. The zero-order valence-electron chi connectivity index (χ0n) is 24.9. The third-order valence-corrected chi connectivity index (χ3v) is 8.46. The Kier molecular flexibility index (Phi) is 7.77. The molecule has 0 spiro atoms. The summed E-state index contributed by atoms with van der Waals surface area (Å²) in [6, 6.07) is 13.6. The smallest absolute Gasteiger partial charge is 0.228 e. The molecular formula is C31H41N9O. The average Bonchev–Trinajstić information content (AvgIpc) is 3.00. The van der Waals surface area contributed by atoms with Crippen LogP contribution < -0.4 is 19.6 Å². The maximum Gasteiger partial charge on any atom is 0.228 e. The van der Waals surface area contributed by atoms with Crippen LogP contribution in [0.4, 0.5) is 23.3 Å². The monoisotopic (exact) mass is 555 g/mol. The van der Waals surface area contributed by atoms with E-state index < -0.39 is 0 Å². The first-order valence-corrected chi connectivity index (χ1v) is 14.6. The fraction of sp³-hybridized carbons (Fsp3) is 0.484. The Hall–Kier alpha value is -3.76. The molecule has 2 fully saturated rings. The Labute approximate surface area is 242 Å². The summed E-state index contributed by atoms with van der Waals surface area (Å²) in [5.41, 5.74) is 4.05. The lowest BCUT2D eigenvalue weighted by Gasteiger charge is -2.36. The molecule has 2 aromatic carbocycles. The van der Waals surface area contributed by atoms with Gasteiger partial charge in [0.2, 0.25) is 5.95 Å². The van der Waals surface area contributed by atoms with Crippen molar-refractivity contribution in [3.05, 3.63) is 48.3 Å². The third-order valence-electron chi connectivity index (χ3n) is 8.46. The van der Waals surface area contributed by atoms with Crippen molar-refractivity contribution in [1.82, 2.24) is 24.8 Å². The van der Waals surface area contributed by atoms with Crippen molar-refractivity contribution < 1.29 is 4.74 Å². The minimum absolute atomic E-state index is 0.587. The van der Waals surface area contributed by atoms with Gasteiger partial charge in [0, 0.05) is 71.0 Å². The highest BCUT2D eigenvalue weighted by molar-refractivity contribution is 5.97. The molecule has 41 heavy (non-hydrogen) atoms. The van der Waals surface area contributed by atoms with Gasteiger partial charge in [0.15, 0.2) is 11.6 Å². The largest absolute Gasteiger partial charge is 0.378 e. The third kappa shape index (κ3) is 5.46. The van der Waals surface area contributed by atoms with Gasteiger partial charge >= 0.3 is 0 Å². The van der Waals surface area contributed by atoms with E-state index in [4.69, 9.17) is 24.7 Å². The first-order valence-electron chi connectivity index (χ1n) is 14.6. The molecule has 6 rings (SSSR count). The predicted octanol–water partition coefficient (Wildman–Crippen LogP) is 3.64. The summed E-state index contributed by atoms with van der Waals surface area (Å²) in [5, 5.41) is 2.49. The van der Waals surface area contributed by atoms with E-state index in [1.54, 1.807) is 6.33 Å². The standard InChI is InChI=1S/C31H41N9O/c1-36(2)23-12-14-40(15-13-23)31-34-28-27(30(35-31)39-16-18-41-19-17-39)32-21-33-29(28)38(5)20-22-10-11-26(37(3)4)25-9-7-6-8-24(22)25/h6-11,21,23H,12-20H2,1-5H3. The molecule has 2 saturated heterocycles. The van der Waals surface area contributed by atoms with Crippen LogP contribution in [0.1, 0.15) is 18.4 Å². The molecule has 4 heterocycles. The Bertz CT molecular complexity index is 1510. The van der Waals surface area contributed by atoms with Crippen molar-refractivity contribution in [2.45, 2.75) is 25.4 Å². The van der Waals surface area contributed by atoms with Crippen molar-refractivity contribution in [2.24, 2.45) is 0 Å². The number of hydrogen-bond acceptors (Lipinski definition) is 10. The molecule has 0 aliphatic carbocycles. The molecule has 10 nitrogen and oxygen atoms in total. The SMILES string of the molecule is CN(C)c1ccc(CN(C)c2ncnc3c(N4CCOCC4)nc(N4CCC(N(C)C)CC4)nc23)c2ccccc12. The molecular weight excluding hydrogens is 514 g/mol. The summed E-state index contributed by atoms with van der Waals surface area (Å²) in [5.74, 6) is 2.46. The number of morpholine rings is 1. The van der Waals surface area contributed by atoms with Gasteiger partial charge in [-0.25, -0.2) is 15.0 Å². The summed E-state index contributed by atoms with van der Waals surface area (Å²) in [6.07, 6.45) is 3.83. The van der Waals surface area contributed by atoms with Gasteiger partial charge in [-0.1, -0.05) is 30.3 Å². The molecule has 0 atom stereocenters. The molecule has 216 valence electrons. The maximum absolute atomic E-state index is 5.66. The lowest BCUT2D eigenvalue weighted by atomic mass is 10.0. The van der Waals surface area contributed by atoms with Gasteiger partial charge in [0.1, 0.15) is 17.4 Å². The zero-order chi connectivity index (χ0) is 28.5. The fourth-order valence-corrected chi connectivity index (χ4v) is 6.11. The molecule has 0 radical (unpaired) electrons. The highest BCUT2D eigenvalue weighted by Crippen LogP contribution is 2.33. The minimum atomic E-state index is 0.587. The summed E-state index contributed by atoms with van der Waals surface area (Å²) >= 11 is 0. The summed E-state index contributed by atoms with van der Waals surface area (Å²) in [6.45, 7) is 5.49. The number of aromatic nitrogens is 4. The van der Waals surface area contributed by atoms with Crippen LogP contribution in [0.5, 0.6) is 0 Å². The second-order valence-electron chi connectivity index (χ2n) is 11.6. The van der Waals surface area contributed by atoms with E-state index in [1.165, 1.54) is 22.0 Å². The first-order chi connectivity index (χ1) is 19.9. The number of benzene rings is 2. The maximum atomic E-state index is 5.66. The molecule has 0 N–H and O–H groups in total. The molecule has 0 unspecified atom stereocenters. The van der Waals surface area contributed by atoms with Crippen LogP contribution in [-0.2, 0) is 11.3 Å². The summed E-state index contributed by atoms with van der Waals surface area (Å²) in [4.78, 5) is 31.1. The number of anilines is 4. The summed E-state index contributed by atoms with van der Waals surface area (Å²) in [7, 11) is 10.6. The van der Waals surface area contributed by atoms with Crippen molar-refractivity contribution in [1.29, 1.82) is 0 Å². The van der Waals surface area contributed by atoms with E-state index >= 15 is 0 Å². The number of fused-ring (bicyclic) bond motifs is 2. The molecule has 2 aliphatic heterocycles. The van der Waals surface area contributed by atoms with Crippen molar-refractivity contribution >= 4 is 45.1 Å². The van der Waals surface area contributed by atoms with Crippen LogP contribution in [-0.4, -0.2) is 106 Å². The van der Waals surface area contributed by atoms with Gasteiger partial charge in [-0.3, -0.25) is 0 Å². The molecule has 2 aromatic heterocycles. The van der Waals surface area contributed by atoms with Crippen LogP contribution in [0.2, 0.25) is 0 Å². The number of piperidine rings is 1. The van der Waals surface area contributed by atoms with E-state index in [1.807, 2.05) is 0 Å². The van der Waals surface area contributed by atoms with Crippen LogP contribution in [0.25, 0.3) is 21.8 Å². The Balaban J connectivity index is 1.40. The molecule has 0 saturated carbocycles. The molecule has 0 bridgehead atoms. The quantitative estimate of drug-likeness (QED) is 0.337. The van der Waals surface area contributed by atoms with E-state index in [0.29, 0.717) is 25.8 Å². The Morgan fingerprint density at radius 2 is 1.54 bits per heavy atom. The lowest BCUT2D eigenvalue weighted by molar-refractivity contribution is 0.122. The van der Waals surface area contributed by atoms with Gasteiger partial charge < -0.3 is 29.2 Å². The topological polar surface area (TPSA) is 77.0 Å². The fourth-order valence-electron chi connectivity index (χ4n) is 6.11. The van der Waals surface area contributed by atoms with Gasteiger partial charge in [-0.05, 0) is 44.0 Å². The zero-order valence-corrected chi connectivity index (χ0v) is 24.9. The number of hydrogen-bond donors (Lipinski definition) is 0. The summed E-state index contributed by atoms with van der Waals surface area (Å²) < 4.78 is 5.66. The molecule has 10 heteroatoms. The highest BCUT2D eigenvalue weighted by Gasteiger charge is 2.27. The average molecular weight is 556 g/mol. The molecule has 0 amide bonds. The normalized spacial score (nSPS) is 16.6. The van der Waals surface area contributed by atoms with E-state index in [2.05, 4.69) is 96.1 Å². The van der Waals surface area contributed by atoms with E-state index in [-0.39, 0.29) is 0 Å². The van der Waals surface area contributed by atoms with Gasteiger partial charge in [0.25, 0.3) is 0 Å². The number of nitrogens with zero attached hydrogens (tertiary/aromatic N) is 9. The molecule has 4 aromatic rings. The number of rotatable bonds is 7. The lowest BCUT2D eigenvalue weighted by Crippen LogP contribution is -2.43. The molecule has 2 aliphatic rings. The van der Waals surface area contributed by atoms with Crippen molar-refractivity contribution in [3.63, 3.8) is 0 Å². The van der Waals surface area contributed by atoms with Crippen LogP contribution in [0.3, 0.4) is 0 Å². The van der Waals surface area contributed by atoms with Gasteiger partial charge in [-0.15, -0.1) is 0 Å². The van der Waals surface area contributed by atoms with Crippen molar-refractivity contribution in [3.8, 4) is 0 Å². The number of ether oxygens (including phenoxy) is 1. The van der Waals surface area contributed by atoms with Crippen LogP contribution >= 0.6 is 0 Å². The predicted molar refractivity (Wildman–Crippen MR) is 167 cm³/mol. The van der Waals surface area contributed by atoms with Crippen LogP contribution in [0.15, 0.2) is 42.7 Å².